The summed E-state index contributed by atoms with van der Waals surface area (Å²) in [7, 11) is 0. The highest BCUT2D eigenvalue weighted by Gasteiger charge is 2.19. The maximum atomic E-state index is 3.69. The topological polar surface area (TPSA) is 3.24 Å². The second kappa shape index (κ2) is 2.03. The Hall–Kier alpha value is -0.720. The molecule has 44 valence electrons. The number of nitrogens with zero attached hydrogens (tertiary/aromatic N) is 1. The van der Waals surface area contributed by atoms with Crippen LogP contribution in [-0.2, 0) is 0 Å². The first-order valence-electron chi connectivity index (χ1n) is 2.86. The van der Waals surface area contributed by atoms with Crippen LogP contribution in [0.1, 0.15) is 0 Å². The van der Waals surface area contributed by atoms with Crippen LogP contribution in [-0.4, -0.2) is 18.0 Å². The molecule has 0 bridgehead atoms. The molecule has 1 fully saturated rings. The first kappa shape index (κ1) is 5.42. The summed E-state index contributed by atoms with van der Waals surface area (Å²) in [5.74, 6) is 0.716. The van der Waals surface area contributed by atoms with E-state index in [2.05, 4.69) is 18.1 Å². The highest BCUT2D eigenvalue weighted by atomic mass is 15.2. The number of likely N-dealkylation sites (tertiary alicyclic amines) is 1. The quantitative estimate of drug-likeness (QED) is 0.482. The van der Waals surface area contributed by atoms with Crippen molar-refractivity contribution in [1.29, 1.82) is 0 Å². The van der Waals surface area contributed by atoms with E-state index >= 15 is 0 Å². The minimum absolute atomic E-state index is 0.716. The molecule has 1 heteroatoms. The zero-order valence-electron chi connectivity index (χ0n) is 5.01. The van der Waals surface area contributed by atoms with E-state index in [4.69, 9.17) is 0 Å². The van der Waals surface area contributed by atoms with E-state index in [0.29, 0.717) is 5.92 Å². The van der Waals surface area contributed by atoms with E-state index in [9.17, 15) is 0 Å². The van der Waals surface area contributed by atoms with Gasteiger partial charge in [-0.2, -0.15) is 0 Å². The van der Waals surface area contributed by atoms with Gasteiger partial charge in [0.25, 0.3) is 0 Å². The zero-order valence-corrected chi connectivity index (χ0v) is 5.01. The number of rotatable bonds is 2. The van der Waals surface area contributed by atoms with Crippen molar-refractivity contribution in [2.75, 3.05) is 13.1 Å². The van der Waals surface area contributed by atoms with E-state index < -0.39 is 0 Å². The van der Waals surface area contributed by atoms with Crippen LogP contribution in [0.4, 0.5) is 0 Å². The van der Waals surface area contributed by atoms with Crippen molar-refractivity contribution in [1.82, 2.24) is 4.90 Å². The molecule has 1 aliphatic rings. The van der Waals surface area contributed by atoms with Crippen LogP contribution in [0, 0.1) is 5.92 Å². The lowest BCUT2D eigenvalue weighted by molar-refractivity contribution is 0.200. The van der Waals surface area contributed by atoms with Gasteiger partial charge in [-0.15, -0.1) is 6.58 Å². The highest BCUT2D eigenvalue weighted by Crippen LogP contribution is 2.14. The second-order valence-corrected chi connectivity index (χ2v) is 2.13. The maximum absolute atomic E-state index is 3.69. The average molecular weight is 109 g/mol. The third kappa shape index (κ3) is 0.760. The lowest BCUT2D eigenvalue weighted by atomic mass is 10.0. The molecule has 0 spiro atoms. The van der Waals surface area contributed by atoms with E-state index in [1.54, 1.807) is 0 Å². The lowest BCUT2D eigenvalue weighted by Gasteiger charge is -2.36. The van der Waals surface area contributed by atoms with Gasteiger partial charge in [-0.25, -0.2) is 0 Å². The molecule has 0 atom stereocenters. The van der Waals surface area contributed by atoms with Crippen molar-refractivity contribution in [2.24, 2.45) is 5.92 Å². The summed E-state index contributed by atoms with van der Waals surface area (Å²) in [6, 6.07) is 0. The molecule has 1 nitrogen and oxygen atoms in total. The van der Waals surface area contributed by atoms with Crippen LogP contribution in [0.3, 0.4) is 0 Å². The SMILES string of the molecule is C=CC1CN(C=C)C1. The monoisotopic (exact) mass is 109 g/mol. The molecule has 0 aromatic carbocycles. The van der Waals surface area contributed by atoms with E-state index in [-0.39, 0.29) is 0 Å². The first-order valence-corrected chi connectivity index (χ1v) is 2.86. The van der Waals surface area contributed by atoms with Crippen LogP contribution in [0.15, 0.2) is 25.4 Å². The molecule has 0 aromatic rings. The Labute approximate surface area is 50.3 Å². The summed E-state index contributed by atoms with van der Waals surface area (Å²) >= 11 is 0. The minimum Gasteiger partial charge on any atom is -0.377 e. The molecule has 1 aliphatic heterocycles. The highest BCUT2D eigenvalue weighted by molar-refractivity contribution is 4.94. The molecule has 1 rings (SSSR count). The minimum atomic E-state index is 0.716. The molecule has 0 unspecified atom stereocenters. The predicted octanol–water partition coefficient (Wildman–Crippen LogP) is 1.25. The van der Waals surface area contributed by atoms with Crippen LogP contribution < -0.4 is 0 Å². The standard InChI is InChI=1S/C7H11N/c1-3-7-5-8(4-2)6-7/h3-4,7H,1-2,5-6H2. The summed E-state index contributed by atoms with van der Waals surface area (Å²) in [6.07, 6.45) is 3.88. The van der Waals surface area contributed by atoms with Crippen molar-refractivity contribution in [3.63, 3.8) is 0 Å². The van der Waals surface area contributed by atoms with Crippen molar-refractivity contribution < 1.29 is 0 Å². The van der Waals surface area contributed by atoms with Crippen molar-refractivity contribution in [2.45, 2.75) is 0 Å². The molecule has 1 heterocycles. The van der Waals surface area contributed by atoms with E-state index in [0.717, 1.165) is 13.1 Å². The molecule has 8 heavy (non-hydrogen) atoms. The lowest BCUT2D eigenvalue weighted by Crippen LogP contribution is -2.41. The second-order valence-electron chi connectivity index (χ2n) is 2.13. The third-order valence-corrected chi connectivity index (χ3v) is 1.53. The van der Waals surface area contributed by atoms with Gasteiger partial charge in [0, 0.05) is 19.0 Å². The Bertz CT molecular complexity index is 89.0. The van der Waals surface area contributed by atoms with Gasteiger partial charge in [-0.1, -0.05) is 12.7 Å². The Morgan fingerprint density at radius 2 is 2.00 bits per heavy atom. The van der Waals surface area contributed by atoms with Gasteiger partial charge in [-0.3, -0.25) is 0 Å². The van der Waals surface area contributed by atoms with Gasteiger partial charge < -0.3 is 4.90 Å². The molecule has 0 amide bonds. The Balaban J connectivity index is 2.20. The van der Waals surface area contributed by atoms with Crippen molar-refractivity contribution >= 4 is 0 Å². The van der Waals surface area contributed by atoms with Gasteiger partial charge in [0.2, 0.25) is 0 Å². The largest absolute Gasteiger partial charge is 0.377 e. The van der Waals surface area contributed by atoms with Gasteiger partial charge in [0.05, 0.1) is 0 Å². The van der Waals surface area contributed by atoms with Crippen molar-refractivity contribution in [3.05, 3.63) is 25.4 Å². The predicted molar refractivity (Wildman–Crippen MR) is 35.5 cm³/mol. The third-order valence-electron chi connectivity index (χ3n) is 1.53. The molecular weight excluding hydrogens is 98.1 g/mol. The molecule has 0 aromatic heterocycles. The van der Waals surface area contributed by atoms with Crippen LogP contribution in [0.25, 0.3) is 0 Å². The van der Waals surface area contributed by atoms with E-state index in [1.165, 1.54) is 0 Å². The van der Waals surface area contributed by atoms with Gasteiger partial charge in [-0.05, 0) is 6.20 Å². The van der Waals surface area contributed by atoms with Gasteiger partial charge in [0.15, 0.2) is 0 Å². The molecule has 0 aliphatic carbocycles. The van der Waals surface area contributed by atoms with Crippen LogP contribution in [0.2, 0.25) is 0 Å². The fraction of sp³-hybridized carbons (Fsp3) is 0.429. The summed E-state index contributed by atoms with van der Waals surface area (Å²) in [5, 5.41) is 0. The van der Waals surface area contributed by atoms with Crippen LogP contribution >= 0.6 is 0 Å². The zero-order chi connectivity index (χ0) is 5.98. The molecule has 0 radical (unpaired) electrons. The number of hydrogen-bond acceptors (Lipinski definition) is 1. The fourth-order valence-corrected chi connectivity index (χ4v) is 0.847. The average Bonchev–Trinajstić information content (AvgIpc) is 1.65. The maximum Gasteiger partial charge on any atom is 0.0252 e. The van der Waals surface area contributed by atoms with E-state index in [1.807, 2.05) is 12.3 Å². The molecule has 0 saturated carbocycles. The van der Waals surface area contributed by atoms with Crippen molar-refractivity contribution in [3.8, 4) is 0 Å². The van der Waals surface area contributed by atoms with Gasteiger partial charge in [0.1, 0.15) is 0 Å². The smallest absolute Gasteiger partial charge is 0.0252 e. The number of hydrogen-bond donors (Lipinski definition) is 0. The summed E-state index contributed by atoms with van der Waals surface area (Å²) in [4.78, 5) is 2.17. The molecule has 0 N–H and O–H groups in total. The Morgan fingerprint density at radius 3 is 2.38 bits per heavy atom. The summed E-state index contributed by atoms with van der Waals surface area (Å²) in [5.41, 5.74) is 0. The summed E-state index contributed by atoms with van der Waals surface area (Å²) in [6.45, 7) is 9.57. The normalized spacial score (nSPS) is 19.8. The first-order chi connectivity index (χ1) is 3.86. The summed E-state index contributed by atoms with van der Waals surface area (Å²) < 4.78 is 0. The molecular formula is C7H11N. The molecule has 1 saturated heterocycles. The van der Waals surface area contributed by atoms with Crippen LogP contribution in [0.5, 0.6) is 0 Å². The Morgan fingerprint density at radius 1 is 1.38 bits per heavy atom. The Kier molecular flexibility index (Phi) is 1.38. The fourth-order valence-electron chi connectivity index (χ4n) is 0.847. The van der Waals surface area contributed by atoms with Gasteiger partial charge >= 0.3 is 0 Å².